The van der Waals surface area contributed by atoms with Gasteiger partial charge in [0.05, 0.1) is 7.11 Å². The molecule has 28 heavy (non-hydrogen) atoms. The fraction of sp³-hybridized carbons (Fsp3) is 0.474. The van der Waals surface area contributed by atoms with Crippen molar-refractivity contribution in [2.45, 2.75) is 44.2 Å². The zero-order valence-electron chi connectivity index (χ0n) is 15.9. The van der Waals surface area contributed by atoms with Crippen LogP contribution in [-0.2, 0) is 16.0 Å². The van der Waals surface area contributed by atoms with Crippen LogP contribution in [0.25, 0.3) is 0 Å². The summed E-state index contributed by atoms with van der Waals surface area (Å²) < 4.78 is 5.12. The molecule has 1 atom stereocenters. The molecule has 1 heterocycles. The van der Waals surface area contributed by atoms with Gasteiger partial charge in [0.25, 0.3) is 5.91 Å². The molecule has 3 rings (SSSR count). The molecule has 1 saturated heterocycles. The standard InChI is InChI=1S/C19H24N4O5/c1-19(10-9-12-3-7-14(28-2)8-4-12)16(25)23(18(27)22-19)11-15(24)21-17(26)20-13-5-6-13/h3-4,7-8,13H,5-6,9-11H2,1-2H3,(H,22,27)(H2,20,21,24,26)/t19-/m0/s1. The van der Waals surface area contributed by atoms with Crippen LogP contribution in [0, 0.1) is 0 Å². The van der Waals surface area contributed by atoms with Gasteiger partial charge in [0.15, 0.2) is 0 Å². The molecule has 1 aromatic rings. The average Bonchev–Trinajstić information content (AvgIpc) is 3.44. The highest BCUT2D eigenvalue weighted by atomic mass is 16.5. The molecule has 0 unspecified atom stereocenters. The first kappa shape index (κ1) is 19.7. The number of nitrogens with one attached hydrogen (secondary N) is 3. The van der Waals surface area contributed by atoms with Gasteiger partial charge in [-0.05, 0) is 50.3 Å². The van der Waals surface area contributed by atoms with Crippen molar-refractivity contribution in [3.8, 4) is 5.75 Å². The van der Waals surface area contributed by atoms with Gasteiger partial charge < -0.3 is 15.4 Å². The number of hydrogen-bond acceptors (Lipinski definition) is 5. The van der Waals surface area contributed by atoms with Crippen molar-refractivity contribution in [3.63, 3.8) is 0 Å². The maximum absolute atomic E-state index is 12.7. The SMILES string of the molecule is COc1ccc(CC[C@]2(C)NC(=O)N(CC(=O)NC(=O)NC3CC3)C2=O)cc1. The van der Waals surface area contributed by atoms with E-state index in [0.29, 0.717) is 12.8 Å². The third kappa shape index (κ3) is 4.59. The third-order valence-electron chi connectivity index (χ3n) is 4.89. The summed E-state index contributed by atoms with van der Waals surface area (Å²) >= 11 is 0. The minimum atomic E-state index is -1.10. The van der Waals surface area contributed by atoms with Crippen LogP contribution in [0.5, 0.6) is 5.75 Å². The Morgan fingerprint density at radius 2 is 1.93 bits per heavy atom. The molecule has 9 nitrogen and oxygen atoms in total. The topological polar surface area (TPSA) is 117 Å². The second kappa shape index (κ2) is 7.87. The highest BCUT2D eigenvalue weighted by molar-refractivity contribution is 6.09. The fourth-order valence-electron chi connectivity index (χ4n) is 3.01. The molecule has 6 amide bonds. The Kier molecular flexibility index (Phi) is 5.53. The first-order valence-electron chi connectivity index (χ1n) is 9.18. The number of nitrogens with zero attached hydrogens (tertiary/aromatic N) is 1. The molecular weight excluding hydrogens is 364 g/mol. The lowest BCUT2D eigenvalue weighted by atomic mass is 9.93. The minimum absolute atomic E-state index is 0.103. The molecule has 0 aromatic heterocycles. The number of carbonyl (C=O) groups is 4. The number of hydrogen-bond donors (Lipinski definition) is 3. The van der Waals surface area contributed by atoms with Crippen molar-refractivity contribution in [1.29, 1.82) is 0 Å². The van der Waals surface area contributed by atoms with E-state index in [1.807, 2.05) is 24.3 Å². The van der Waals surface area contributed by atoms with E-state index in [-0.39, 0.29) is 6.04 Å². The molecule has 9 heteroatoms. The van der Waals surface area contributed by atoms with Crippen molar-refractivity contribution in [2.75, 3.05) is 13.7 Å². The maximum atomic E-state index is 12.7. The molecule has 0 bridgehead atoms. The molecule has 150 valence electrons. The van der Waals surface area contributed by atoms with Crippen molar-refractivity contribution in [2.24, 2.45) is 0 Å². The third-order valence-corrected chi connectivity index (χ3v) is 4.89. The molecule has 1 saturated carbocycles. The Morgan fingerprint density at radius 1 is 1.25 bits per heavy atom. The zero-order chi connectivity index (χ0) is 20.3. The molecular formula is C19H24N4O5. The lowest BCUT2D eigenvalue weighted by Crippen LogP contribution is -2.48. The average molecular weight is 388 g/mol. The molecule has 1 aliphatic heterocycles. The first-order chi connectivity index (χ1) is 13.3. The Hall–Kier alpha value is -3.10. The van der Waals surface area contributed by atoms with Crippen LogP contribution in [0.3, 0.4) is 0 Å². The monoisotopic (exact) mass is 388 g/mol. The van der Waals surface area contributed by atoms with Gasteiger partial charge in [-0.3, -0.25) is 19.8 Å². The van der Waals surface area contributed by atoms with Crippen molar-refractivity contribution in [1.82, 2.24) is 20.9 Å². The summed E-state index contributed by atoms with van der Waals surface area (Å²) in [5.74, 6) is -0.451. The molecule has 1 aromatic carbocycles. The van der Waals surface area contributed by atoms with Crippen molar-refractivity contribution in [3.05, 3.63) is 29.8 Å². The van der Waals surface area contributed by atoms with Crippen LogP contribution >= 0.6 is 0 Å². The lowest BCUT2D eigenvalue weighted by Gasteiger charge is -2.21. The predicted octanol–water partition coefficient (Wildman–Crippen LogP) is 0.927. The van der Waals surface area contributed by atoms with Gasteiger partial charge in [-0.2, -0.15) is 0 Å². The van der Waals surface area contributed by atoms with Crippen LogP contribution in [0.4, 0.5) is 9.59 Å². The number of amides is 6. The van der Waals surface area contributed by atoms with E-state index in [2.05, 4.69) is 16.0 Å². The van der Waals surface area contributed by atoms with Crippen LogP contribution in [-0.4, -0.2) is 54.0 Å². The molecule has 0 spiro atoms. The van der Waals surface area contributed by atoms with Crippen LogP contribution in [0.15, 0.2) is 24.3 Å². The summed E-state index contributed by atoms with van der Waals surface area (Å²) in [4.78, 5) is 49.4. The minimum Gasteiger partial charge on any atom is -0.497 e. The van der Waals surface area contributed by atoms with Crippen LogP contribution in [0.1, 0.15) is 31.7 Å². The zero-order valence-corrected chi connectivity index (χ0v) is 15.9. The summed E-state index contributed by atoms with van der Waals surface area (Å²) in [6, 6.07) is 6.30. The number of urea groups is 2. The van der Waals surface area contributed by atoms with Gasteiger partial charge in [0, 0.05) is 6.04 Å². The summed E-state index contributed by atoms with van der Waals surface area (Å²) in [5, 5.41) is 7.41. The van der Waals surface area contributed by atoms with E-state index in [0.717, 1.165) is 29.1 Å². The smallest absolute Gasteiger partial charge is 0.325 e. The molecule has 1 aliphatic carbocycles. The quantitative estimate of drug-likeness (QED) is 0.601. The number of rotatable bonds is 7. The van der Waals surface area contributed by atoms with E-state index < -0.39 is 36.0 Å². The second-order valence-corrected chi connectivity index (χ2v) is 7.30. The van der Waals surface area contributed by atoms with Crippen LogP contribution in [0.2, 0.25) is 0 Å². The number of methoxy groups -OCH3 is 1. The Labute approximate surface area is 162 Å². The Balaban J connectivity index is 1.54. The van der Waals surface area contributed by atoms with E-state index in [4.69, 9.17) is 4.74 Å². The Morgan fingerprint density at radius 3 is 2.54 bits per heavy atom. The molecule has 3 N–H and O–H groups in total. The molecule has 2 aliphatic rings. The van der Waals surface area contributed by atoms with Crippen molar-refractivity contribution < 1.29 is 23.9 Å². The molecule has 0 radical (unpaired) electrons. The van der Waals surface area contributed by atoms with E-state index >= 15 is 0 Å². The largest absolute Gasteiger partial charge is 0.497 e. The number of imide groups is 2. The van der Waals surface area contributed by atoms with Gasteiger partial charge >= 0.3 is 12.1 Å². The van der Waals surface area contributed by atoms with Crippen molar-refractivity contribution >= 4 is 23.9 Å². The number of benzene rings is 1. The number of carbonyl (C=O) groups excluding carboxylic acids is 4. The van der Waals surface area contributed by atoms with Crippen LogP contribution < -0.4 is 20.7 Å². The highest BCUT2D eigenvalue weighted by Crippen LogP contribution is 2.24. The van der Waals surface area contributed by atoms with E-state index in [9.17, 15) is 19.2 Å². The molecule has 2 fully saturated rings. The predicted molar refractivity (Wildman–Crippen MR) is 99.7 cm³/mol. The normalized spacial score (nSPS) is 21.3. The van der Waals surface area contributed by atoms with Gasteiger partial charge in [-0.15, -0.1) is 0 Å². The second-order valence-electron chi connectivity index (χ2n) is 7.30. The van der Waals surface area contributed by atoms with E-state index in [1.54, 1.807) is 14.0 Å². The van der Waals surface area contributed by atoms with Gasteiger partial charge in [0.2, 0.25) is 5.91 Å². The summed E-state index contributed by atoms with van der Waals surface area (Å²) in [6.07, 6.45) is 2.73. The number of ether oxygens (including phenoxy) is 1. The van der Waals surface area contributed by atoms with Gasteiger partial charge in [-0.1, -0.05) is 12.1 Å². The lowest BCUT2D eigenvalue weighted by molar-refractivity contribution is -0.134. The fourth-order valence-corrected chi connectivity index (χ4v) is 3.01. The maximum Gasteiger partial charge on any atom is 0.325 e. The highest BCUT2D eigenvalue weighted by Gasteiger charge is 2.47. The number of aryl methyl sites for hydroxylation is 1. The summed E-state index contributed by atoms with van der Waals surface area (Å²) in [7, 11) is 1.59. The van der Waals surface area contributed by atoms with E-state index in [1.165, 1.54) is 0 Å². The summed E-state index contributed by atoms with van der Waals surface area (Å²) in [6.45, 7) is 1.13. The van der Waals surface area contributed by atoms with Gasteiger partial charge in [0.1, 0.15) is 17.8 Å². The first-order valence-corrected chi connectivity index (χ1v) is 9.18. The summed E-state index contributed by atoms with van der Waals surface area (Å²) in [5.41, 5.74) is -0.106. The van der Waals surface area contributed by atoms with Gasteiger partial charge in [-0.25, -0.2) is 9.59 Å². The Bertz CT molecular complexity index is 790.